The fourth-order valence-corrected chi connectivity index (χ4v) is 2.40. The van der Waals surface area contributed by atoms with Gasteiger partial charge in [0.2, 0.25) is 5.91 Å². The van der Waals surface area contributed by atoms with E-state index in [-0.39, 0.29) is 18.4 Å². The third kappa shape index (κ3) is 6.97. The summed E-state index contributed by atoms with van der Waals surface area (Å²) in [7, 11) is 0. The Balaban J connectivity index is 1.75. The molecule has 0 radical (unpaired) electrons. The Morgan fingerprint density at radius 2 is 1.67 bits per heavy atom. The minimum Gasteiger partial charge on any atom is -0.340 e. The number of halogens is 2. The average Bonchev–Trinajstić information content (AvgIpc) is 2.70. The fraction of sp³-hybridized carbons (Fsp3) is 0.200. The van der Waals surface area contributed by atoms with Crippen LogP contribution in [0.15, 0.2) is 47.6 Å². The molecule has 8 nitrogen and oxygen atoms in total. The summed E-state index contributed by atoms with van der Waals surface area (Å²) in [4.78, 5) is 40.3. The van der Waals surface area contributed by atoms with Gasteiger partial charge in [-0.1, -0.05) is 12.1 Å². The Morgan fingerprint density at radius 1 is 1.07 bits per heavy atom. The maximum atomic E-state index is 13.2. The van der Waals surface area contributed by atoms with Gasteiger partial charge in [0.1, 0.15) is 11.6 Å². The van der Waals surface area contributed by atoms with Crippen LogP contribution in [0, 0.1) is 11.6 Å². The molecule has 1 unspecified atom stereocenters. The van der Waals surface area contributed by atoms with E-state index in [4.69, 9.17) is 5.84 Å². The molecule has 2 amide bonds. The quantitative estimate of drug-likeness (QED) is 0.362. The number of carbonyl (C=O) groups excluding carboxylic acids is 3. The van der Waals surface area contributed by atoms with E-state index < -0.39 is 35.3 Å². The molecule has 0 saturated heterocycles. The van der Waals surface area contributed by atoms with Crippen molar-refractivity contribution in [2.75, 3.05) is 5.32 Å². The molecule has 2 aromatic carbocycles. The molecule has 10 heteroatoms. The molecule has 4 N–H and O–H groups in total. The molecule has 2 rings (SSSR count). The van der Waals surface area contributed by atoms with Crippen molar-refractivity contribution in [2.45, 2.75) is 25.7 Å². The Kier molecular flexibility index (Phi) is 7.98. The average molecular weight is 418 g/mol. The largest absolute Gasteiger partial charge is 0.340 e. The van der Waals surface area contributed by atoms with E-state index in [1.807, 2.05) is 5.48 Å². The van der Waals surface area contributed by atoms with Crippen molar-refractivity contribution < 1.29 is 28.0 Å². The van der Waals surface area contributed by atoms with E-state index in [0.717, 1.165) is 17.7 Å². The monoisotopic (exact) mass is 418 g/mol. The van der Waals surface area contributed by atoms with E-state index in [2.05, 4.69) is 15.3 Å². The summed E-state index contributed by atoms with van der Waals surface area (Å²) in [6.07, 6.45) is 1.06. The van der Waals surface area contributed by atoms with Crippen LogP contribution < -0.4 is 16.6 Å². The summed E-state index contributed by atoms with van der Waals surface area (Å²) in [5.41, 5.74) is 3.27. The number of nitrogens with one attached hydrogen (secondary N) is 2. The van der Waals surface area contributed by atoms with Crippen LogP contribution in [0.4, 0.5) is 14.5 Å². The van der Waals surface area contributed by atoms with Crippen LogP contribution in [-0.2, 0) is 19.2 Å². The molecule has 2 aromatic rings. The smallest absolute Gasteiger partial charge is 0.339 e. The van der Waals surface area contributed by atoms with Crippen molar-refractivity contribution in [3.63, 3.8) is 0 Å². The molecule has 0 fully saturated rings. The lowest BCUT2D eigenvalue weighted by atomic mass is 10.0. The Hall–Kier alpha value is -3.82. The van der Waals surface area contributed by atoms with E-state index in [9.17, 15) is 23.2 Å². The highest BCUT2D eigenvalue weighted by Gasteiger charge is 2.20. The maximum absolute atomic E-state index is 13.2. The molecule has 0 aliphatic heterocycles. The molecule has 0 saturated carbocycles. The standard InChI is InChI=1S/C20H20F2N4O4/c1-12(14-8-15(21)10-16(22)9-14)20(29)30-26-19(28)7-6-18(27)25-17-4-2-13(3-5-17)11-24-23/h2-5,8-12H,6-7,23H2,1H3,(H,25,27)(H,26,28). The van der Waals surface area contributed by atoms with Crippen LogP contribution in [0.25, 0.3) is 0 Å². The molecular formula is C20H20F2N4O4. The summed E-state index contributed by atoms with van der Waals surface area (Å²) in [5, 5.41) is 5.99. The van der Waals surface area contributed by atoms with Gasteiger partial charge >= 0.3 is 5.97 Å². The first-order valence-electron chi connectivity index (χ1n) is 8.87. The number of hydrogen-bond donors (Lipinski definition) is 3. The van der Waals surface area contributed by atoms with Gasteiger partial charge in [0, 0.05) is 24.6 Å². The van der Waals surface area contributed by atoms with Gasteiger partial charge in [0.25, 0.3) is 5.91 Å². The van der Waals surface area contributed by atoms with E-state index in [0.29, 0.717) is 11.8 Å². The van der Waals surface area contributed by atoms with Gasteiger partial charge in [0.05, 0.1) is 12.1 Å². The molecule has 0 bridgehead atoms. The van der Waals surface area contributed by atoms with Crippen molar-refractivity contribution >= 4 is 29.7 Å². The molecule has 158 valence electrons. The summed E-state index contributed by atoms with van der Waals surface area (Å²) in [6, 6.07) is 9.36. The summed E-state index contributed by atoms with van der Waals surface area (Å²) in [5.74, 6) is 0.354. The number of benzene rings is 2. The number of carbonyl (C=O) groups is 3. The predicted molar refractivity (Wildman–Crippen MR) is 105 cm³/mol. The number of hydrazone groups is 1. The number of amides is 2. The van der Waals surface area contributed by atoms with Crippen LogP contribution in [0.1, 0.15) is 36.8 Å². The first-order valence-corrected chi connectivity index (χ1v) is 8.87. The van der Waals surface area contributed by atoms with Crippen molar-refractivity contribution in [3.05, 3.63) is 65.2 Å². The lowest BCUT2D eigenvalue weighted by Gasteiger charge is -2.12. The Morgan fingerprint density at radius 3 is 2.27 bits per heavy atom. The minimum absolute atomic E-state index is 0.0647. The third-order valence-corrected chi connectivity index (χ3v) is 4.00. The van der Waals surface area contributed by atoms with Gasteiger partial charge in [0.15, 0.2) is 0 Å². The summed E-state index contributed by atoms with van der Waals surface area (Å²) >= 11 is 0. The van der Waals surface area contributed by atoms with Gasteiger partial charge in [-0.05, 0) is 42.3 Å². The lowest BCUT2D eigenvalue weighted by molar-refractivity contribution is -0.159. The predicted octanol–water partition coefficient (Wildman–Crippen LogP) is 2.35. The zero-order valence-electron chi connectivity index (χ0n) is 16.0. The van der Waals surface area contributed by atoms with Crippen LogP contribution in [-0.4, -0.2) is 24.0 Å². The first-order chi connectivity index (χ1) is 14.3. The SMILES string of the molecule is CC(C(=O)ONC(=O)CCC(=O)Nc1ccc(C=NN)cc1)c1cc(F)cc(F)c1. The van der Waals surface area contributed by atoms with Gasteiger partial charge in [-0.25, -0.2) is 13.6 Å². The minimum atomic E-state index is -1.01. The highest BCUT2D eigenvalue weighted by atomic mass is 19.1. The van der Waals surface area contributed by atoms with Crippen molar-refractivity contribution in [3.8, 4) is 0 Å². The van der Waals surface area contributed by atoms with Crippen LogP contribution in [0.2, 0.25) is 0 Å². The molecule has 0 aliphatic carbocycles. The third-order valence-electron chi connectivity index (χ3n) is 4.00. The molecule has 0 spiro atoms. The first kappa shape index (κ1) is 22.5. The Bertz CT molecular complexity index is 928. The number of anilines is 1. The normalized spacial score (nSPS) is 11.7. The van der Waals surface area contributed by atoms with Crippen molar-refractivity contribution in [1.82, 2.24) is 5.48 Å². The second-order valence-electron chi connectivity index (χ2n) is 6.32. The van der Waals surface area contributed by atoms with E-state index >= 15 is 0 Å². The van der Waals surface area contributed by atoms with E-state index in [1.54, 1.807) is 24.3 Å². The number of rotatable bonds is 7. The zero-order valence-corrected chi connectivity index (χ0v) is 16.0. The fourth-order valence-electron chi connectivity index (χ4n) is 2.40. The van der Waals surface area contributed by atoms with Crippen molar-refractivity contribution in [1.29, 1.82) is 0 Å². The topological polar surface area (TPSA) is 123 Å². The highest BCUT2D eigenvalue weighted by molar-refractivity contribution is 5.93. The second-order valence-corrected chi connectivity index (χ2v) is 6.32. The lowest BCUT2D eigenvalue weighted by Crippen LogP contribution is -2.30. The molecule has 0 aromatic heterocycles. The Labute approximate surface area is 171 Å². The summed E-state index contributed by atoms with van der Waals surface area (Å²) < 4.78 is 26.5. The maximum Gasteiger partial charge on any atom is 0.339 e. The number of hydrogen-bond acceptors (Lipinski definition) is 6. The number of nitrogens with zero attached hydrogens (tertiary/aromatic N) is 1. The molecule has 30 heavy (non-hydrogen) atoms. The molecule has 0 aliphatic rings. The summed E-state index contributed by atoms with van der Waals surface area (Å²) in [6.45, 7) is 1.38. The van der Waals surface area contributed by atoms with Crippen LogP contribution >= 0.6 is 0 Å². The molecule has 0 heterocycles. The number of hydroxylamine groups is 1. The van der Waals surface area contributed by atoms with Gasteiger partial charge in [-0.3, -0.25) is 9.59 Å². The van der Waals surface area contributed by atoms with Gasteiger partial charge in [-0.2, -0.15) is 10.6 Å². The van der Waals surface area contributed by atoms with Crippen molar-refractivity contribution in [2.24, 2.45) is 10.9 Å². The van der Waals surface area contributed by atoms with Crippen LogP contribution in [0.5, 0.6) is 0 Å². The highest BCUT2D eigenvalue weighted by Crippen LogP contribution is 2.19. The second kappa shape index (κ2) is 10.6. The van der Waals surface area contributed by atoms with Crippen LogP contribution in [0.3, 0.4) is 0 Å². The van der Waals surface area contributed by atoms with Gasteiger partial charge in [-0.15, -0.1) is 0 Å². The van der Waals surface area contributed by atoms with E-state index in [1.165, 1.54) is 13.1 Å². The molecular weight excluding hydrogens is 398 g/mol. The van der Waals surface area contributed by atoms with Gasteiger partial charge < -0.3 is 16.0 Å². The number of nitrogens with two attached hydrogens (primary N) is 1. The zero-order chi connectivity index (χ0) is 22.1. The molecule has 1 atom stereocenters.